The molecule has 0 fully saturated rings. The van der Waals surface area contributed by atoms with Gasteiger partial charge in [-0.15, -0.1) is 0 Å². The summed E-state index contributed by atoms with van der Waals surface area (Å²) in [6.07, 6.45) is 3.82. The van der Waals surface area contributed by atoms with E-state index in [0.29, 0.717) is 24.6 Å². The van der Waals surface area contributed by atoms with E-state index in [0.717, 1.165) is 45.8 Å². The van der Waals surface area contributed by atoms with Crippen molar-refractivity contribution in [1.29, 1.82) is 0 Å². The minimum absolute atomic E-state index is 0.163. The molecule has 1 aromatic carbocycles. The molecule has 0 saturated heterocycles. The standard InChI is InChI=1S/C27H31N3O2S/c1-17(31)29-24-15-20(10-11-28-24)26-21(12-18-8-6-5-7-9-18)25-22(30-26)13-19(14-23(25)32)16-33-27(2,3)4/h5-11,15,19,30H,12-14,16H2,1-4H3,(H,28,29,31). The lowest BCUT2D eigenvalue weighted by atomic mass is 9.84. The molecule has 1 amide bonds. The number of benzene rings is 1. The second-order valence-corrected chi connectivity index (χ2v) is 11.6. The van der Waals surface area contributed by atoms with Crippen LogP contribution in [0.4, 0.5) is 5.82 Å². The molecule has 5 nitrogen and oxygen atoms in total. The second kappa shape index (κ2) is 9.56. The van der Waals surface area contributed by atoms with E-state index in [-0.39, 0.29) is 16.4 Å². The Morgan fingerprint density at radius 3 is 2.64 bits per heavy atom. The van der Waals surface area contributed by atoms with Gasteiger partial charge in [0.1, 0.15) is 5.82 Å². The lowest BCUT2D eigenvalue weighted by Gasteiger charge is -2.25. The molecular weight excluding hydrogens is 430 g/mol. The summed E-state index contributed by atoms with van der Waals surface area (Å²) in [5.74, 6) is 1.87. The number of aromatic nitrogens is 2. The Kier molecular flexibility index (Phi) is 6.75. The first kappa shape index (κ1) is 23.3. The van der Waals surface area contributed by atoms with Crippen LogP contribution in [0.2, 0.25) is 0 Å². The average Bonchev–Trinajstić information content (AvgIpc) is 3.11. The molecule has 0 saturated carbocycles. The number of anilines is 1. The molecule has 1 atom stereocenters. The zero-order valence-electron chi connectivity index (χ0n) is 19.7. The van der Waals surface area contributed by atoms with Gasteiger partial charge in [0.25, 0.3) is 0 Å². The van der Waals surface area contributed by atoms with Gasteiger partial charge in [-0.05, 0) is 41.4 Å². The van der Waals surface area contributed by atoms with Gasteiger partial charge < -0.3 is 10.3 Å². The Labute approximate surface area is 199 Å². The van der Waals surface area contributed by atoms with Crippen LogP contribution in [0, 0.1) is 5.92 Å². The number of nitrogens with zero attached hydrogens (tertiary/aromatic N) is 1. The van der Waals surface area contributed by atoms with E-state index < -0.39 is 0 Å². The molecule has 1 aliphatic rings. The number of thioether (sulfide) groups is 1. The molecule has 2 aromatic heterocycles. The van der Waals surface area contributed by atoms with Crippen LogP contribution in [0.3, 0.4) is 0 Å². The van der Waals surface area contributed by atoms with Gasteiger partial charge in [0.05, 0.1) is 5.69 Å². The number of ketones is 1. The smallest absolute Gasteiger partial charge is 0.222 e. The largest absolute Gasteiger partial charge is 0.358 e. The number of hydrogen-bond donors (Lipinski definition) is 2. The number of fused-ring (bicyclic) bond motifs is 1. The minimum atomic E-state index is -0.163. The number of H-pyrrole nitrogens is 1. The van der Waals surface area contributed by atoms with Crippen LogP contribution < -0.4 is 5.32 Å². The first-order chi connectivity index (χ1) is 15.7. The van der Waals surface area contributed by atoms with E-state index in [2.05, 4.69) is 48.2 Å². The number of nitrogens with one attached hydrogen (secondary N) is 2. The second-order valence-electron chi connectivity index (χ2n) is 9.73. The molecule has 0 aliphatic heterocycles. The van der Waals surface area contributed by atoms with Crippen LogP contribution in [0.5, 0.6) is 0 Å². The number of Topliss-reactive ketones (excluding diaryl/α,β-unsaturated/α-hetero) is 1. The number of amides is 1. The quantitative estimate of drug-likeness (QED) is 0.479. The highest BCUT2D eigenvalue weighted by molar-refractivity contribution is 8.00. The van der Waals surface area contributed by atoms with E-state index in [4.69, 9.17) is 0 Å². The summed E-state index contributed by atoms with van der Waals surface area (Å²) in [7, 11) is 0. The topological polar surface area (TPSA) is 74.8 Å². The van der Waals surface area contributed by atoms with Gasteiger partial charge in [-0.25, -0.2) is 4.98 Å². The first-order valence-electron chi connectivity index (χ1n) is 11.4. The Morgan fingerprint density at radius 1 is 1.18 bits per heavy atom. The molecule has 0 radical (unpaired) electrons. The highest BCUT2D eigenvalue weighted by Crippen LogP contribution is 2.38. The van der Waals surface area contributed by atoms with Crippen molar-refractivity contribution in [3.63, 3.8) is 0 Å². The lowest BCUT2D eigenvalue weighted by molar-refractivity contribution is -0.114. The number of hydrogen-bond acceptors (Lipinski definition) is 4. The Balaban J connectivity index is 1.74. The summed E-state index contributed by atoms with van der Waals surface area (Å²) in [4.78, 5) is 32.8. The summed E-state index contributed by atoms with van der Waals surface area (Å²) in [5.41, 5.74) is 5.93. The van der Waals surface area contributed by atoms with Gasteiger partial charge in [-0.3, -0.25) is 9.59 Å². The fourth-order valence-corrected chi connectivity index (χ4v) is 5.33. The van der Waals surface area contributed by atoms with Crippen molar-refractivity contribution in [2.75, 3.05) is 11.1 Å². The molecule has 1 aliphatic carbocycles. The summed E-state index contributed by atoms with van der Waals surface area (Å²) in [5, 5.41) is 2.76. The van der Waals surface area contributed by atoms with Crippen molar-refractivity contribution >= 4 is 29.3 Å². The van der Waals surface area contributed by atoms with E-state index in [9.17, 15) is 9.59 Å². The van der Waals surface area contributed by atoms with Crippen molar-refractivity contribution in [2.45, 2.75) is 51.7 Å². The molecule has 3 aromatic rings. The number of carbonyl (C=O) groups excluding carboxylic acids is 2. The number of carbonyl (C=O) groups is 2. The highest BCUT2D eigenvalue weighted by atomic mass is 32.2. The van der Waals surface area contributed by atoms with Crippen LogP contribution in [0.25, 0.3) is 11.3 Å². The third-order valence-electron chi connectivity index (χ3n) is 5.76. The maximum absolute atomic E-state index is 13.4. The molecular formula is C27H31N3O2S. The molecule has 4 rings (SSSR count). The van der Waals surface area contributed by atoms with E-state index in [1.54, 1.807) is 6.20 Å². The predicted molar refractivity (Wildman–Crippen MR) is 136 cm³/mol. The molecule has 33 heavy (non-hydrogen) atoms. The fraction of sp³-hybridized carbons (Fsp3) is 0.370. The summed E-state index contributed by atoms with van der Waals surface area (Å²) in [6, 6.07) is 14.0. The zero-order chi connectivity index (χ0) is 23.6. The van der Waals surface area contributed by atoms with Crippen LogP contribution >= 0.6 is 11.8 Å². The molecule has 2 N–H and O–H groups in total. The molecule has 1 unspecified atom stereocenters. The van der Waals surface area contributed by atoms with Gasteiger partial charge in [-0.1, -0.05) is 51.1 Å². The van der Waals surface area contributed by atoms with Crippen LogP contribution in [-0.2, 0) is 17.6 Å². The molecule has 6 heteroatoms. The highest BCUT2D eigenvalue weighted by Gasteiger charge is 2.32. The number of rotatable bonds is 6. The summed E-state index contributed by atoms with van der Waals surface area (Å²) >= 11 is 1.92. The minimum Gasteiger partial charge on any atom is -0.358 e. The number of pyridine rings is 1. The molecule has 2 heterocycles. The maximum Gasteiger partial charge on any atom is 0.222 e. The molecule has 0 bridgehead atoms. The number of aromatic amines is 1. The Morgan fingerprint density at radius 2 is 1.94 bits per heavy atom. The van der Waals surface area contributed by atoms with E-state index in [1.807, 2.05) is 42.1 Å². The van der Waals surface area contributed by atoms with Crippen LogP contribution in [-0.4, -0.2) is 32.2 Å². The van der Waals surface area contributed by atoms with Crippen LogP contribution in [0.15, 0.2) is 48.7 Å². The van der Waals surface area contributed by atoms with Gasteiger partial charge >= 0.3 is 0 Å². The SMILES string of the molecule is CC(=O)Nc1cc(-c2[nH]c3c(c2Cc2ccccc2)C(=O)CC(CSC(C)(C)C)C3)ccn1. The van der Waals surface area contributed by atoms with Gasteiger partial charge in [0, 0.05) is 47.5 Å². The molecule has 172 valence electrons. The predicted octanol–water partition coefficient (Wildman–Crippen LogP) is 5.90. The van der Waals surface area contributed by atoms with Crippen LogP contribution in [0.1, 0.15) is 61.3 Å². The van der Waals surface area contributed by atoms with Gasteiger partial charge in [0.15, 0.2) is 5.78 Å². The first-order valence-corrected chi connectivity index (χ1v) is 12.4. The van der Waals surface area contributed by atoms with Crippen molar-refractivity contribution in [1.82, 2.24) is 9.97 Å². The van der Waals surface area contributed by atoms with Crippen molar-refractivity contribution in [3.8, 4) is 11.3 Å². The van der Waals surface area contributed by atoms with Crippen molar-refractivity contribution < 1.29 is 9.59 Å². The van der Waals surface area contributed by atoms with Gasteiger partial charge in [-0.2, -0.15) is 11.8 Å². The normalized spacial score (nSPS) is 15.9. The van der Waals surface area contributed by atoms with E-state index in [1.165, 1.54) is 6.92 Å². The van der Waals surface area contributed by atoms with E-state index >= 15 is 0 Å². The average molecular weight is 462 g/mol. The summed E-state index contributed by atoms with van der Waals surface area (Å²) < 4.78 is 0.180. The fourth-order valence-electron chi connectivity index (χ4n) is 4.35. The van der Waals surface area contributed by atoms with Crippen molar-refractivity contribution in [2.24, 2.45) is 5.92 Å². The maximum atomic E-state index is 13.4. The monoisotopic (exact) mass is 461 g/mol. The zero-order valence-corrected chi connectivity index (χ0v) is 20.5. The molecule has 0 spiro atoms. The van der Waals surface area contributed by atoms with Crippen molar-refractivity contribution in [3.05, 3.63) is 71.0 Å². The lowest BCUT2D eigenvalue weighted by Crippen LogP contribution is -2.24. The Bertz CT molecular complexity index is 1160. The third-order valence-corrected chi connectivity index (χ3v) is 7.26. The Hall–Kier alpha value is -2.86. The third kappa shape index (κ3) is 5.74. The van der Waals surface area contributed by atoms with Gasteiger partial charge in [0.2, 0.25) is 5.91 Å². The summed E-state index contributed by atoms with van der Waals surface area (Å²) in [6.45, 7) is 8.12.